The Morgan fingerprint density at radius 3 is 2.56 bits per heavy atom. The van der Waals surface area contributed by atoms with Crippen LogP contribution in [-0.4, -0.2) is 23.1 Å². The van der Waals surface area contributed by atoms with Gasteiger partial charge in [0.05, 0.1) is 5.75 Å². The first-order valence-electron chi connectivity index (χ1n) is 6.35. The second-order valence-electron chi connectivity index (χ2n) is 4.62. The van der Waals surface area contributed by atoms with Gasteiger partial charge in [-0.15, -0.1) is 23.4 Å². The van der Waals surface area contributed by atoms with Crippen LogP contribution >= 0.6 is 23.4 Å². The fourth-order valence-corrected chi connectivity index (χ4v) is 3.11. The average molecular weight is 284 g/mol. The highest BCUT2D eigenvalue weighted by molar-refractivity contribution is 8.00. The minimum absolute atomic E-state index is 0.127. The highest BCUT2D eigenvalue weighted by atomic mass is 35.5. The number of benzene rings is 1. The van der Waals surface area contributed by atoms with Crippen LogP contribution in [0.25, 0.3) is 0 Å². The van der Waals surface area contributed by atoms with Gasteiger partial charge in [-0.1, -0.05) is 18.2 Å². The molecule has 18 heavy (non-hydrogen) atoms. The van der Waals surface area contributed by atoms with E-state index in [0.717, 1.165) is 30.6 Å². The average Bonchev–Trinajstić information content (AvgIpc) is 2.40. The number of thioether (sulfide) groups is 1. The number of hydrogen-bond donors (Lipinski definition) is 1. The molecular formula is C14H18ClNOS. The van der Waals surface area contributed by atoms with Gasteiger partial charge in [-0.25, -0.2) is 0 Å². The van der Waals surface area contributed by atoms with Gasteiger partial charge in [0.1, 0.15) is 0 Å². The molecule has 2 rings (SSSR count). The summed E-state index contributed by atoms with van der Waals surface area (Å²) in [6.07, 6.45) is 4.04. The minimum Gasteiger partial charge on any atom is -0.353 e. The van der Waals surface area contributed by atoms with Crippen molar-refractivity contribution in [1.82, 2.24) is 5.32 Å². The Morgan fingerprint density at radius 1 is 1.22 bits per heavy atom. The van der Waals surface area contributed by atoms with Gasteiger partial charge in [0, 0.05) is 16.3 Å². The summed E-state index contributed by atoms with van der Waals surface area (Å²) in [6.45, 7) is 0. The minimum atomic E-state index is 0.127. The molecule has 1 fully saturated rings. The molecule has 0 saturated heterocycles. The molecule has 2 nitrogen and oxygen atoms in total. The number of rotatable bonds is 4. The largest absolute Gasteiger partial charge is 0.353 e. The summed E-state index contributed by atoms with van der Waals surface area (Å²) in [5.74, 6) is 0.618. The number of halogens is 1. The molecule has 1 aliphatic rings. The smallest absolute Gasteiger partial charge is 0.230 e. The molecule has 1 amide bonds. The van der Waals surface area contributed by atoms with Crippen molar-refractivity contribution < 1.29 is 4.79 Å². The van der Waals surface area contributed by atoms with Gasteiger partial charge in [0.2, 0.25) is 5.91 Å². The summed E-state index contributed by atoms with van der Waals surface area (Å²) in [4.78, 5) is 12.9. The fourth-order valence-electron chi connectivity index (χ4n) is 2.13. The van der Waals surface area contributed by atoms with Gasteiger partial charge < -0.3 is 5.32 Å². The van der Waals surface area contributed by atoms with Gasteiger partial charge in [-0.3, -0.25) is 4.79 Å². The predicted molar refractivity (Wildman–Crippen MR) is 77.2 cm³/mol. The normalized spacial score (nSPS) is 23.6. The summed E-state index contributed by atoms with van der Waals surface area (Å²) in [6, 6.07) is 10.3. The van der Waals surface area contributed by atoms with Gasteiger partial charge in [-0.05, 0) is 37.8 Å². The lowest BCUT2D eigenvalue weighted by molar-refractivity contribution is -0.119. The standard InChI is InChI=1S/C14H18ClNOS/c15-11-6-8-12(9-7-11)16-14(17)10-18-13-4-2-1-3-5-13/h1-5,11-12H,6-10H2,(H,16,17). The summed E-state index contributed by atoms with van der Waals surface area (Å²) < 4.78 is 0. The van der Waals surface area contributed by atoms with Crippen molar-refractivity contribution >= 4 is 29.3 Å². The van der Waals surface area contributed by atoms with Crippen LogP contribution in [0.4, 0.5) is 0 Å². The Balaban J connectivity index is 1.69. The monoisotopic (exact) mass is 283 g/mol. The lowest BCUT2D eigenvalue weighted by Gasteiger charge is -2.25. The summed E-state index contributed by atoms with van der Waals surface area (Å²) >= 11 is 7.62. The van der Waals surface area contributed by atoms with Crippen molar-refractivity contribution in [3.63, 3.8) is 0 Å². The van der Waals surface area contributed by atoms with Crippen molar-refractivity contribution in [2.24, 2.45) is 0 Å². The second-order valence-corrected chi connectivity index (χ2v) is 6.28. The van der Waals surface area contributed by atoms with E-state index < -0.39 is 0 Å². The van der Waals surface area contributed by atoms with Crippen molar-refractivity contribution in [3.8, 4) is 0 Å². The van der Waals surface area contributed by atoms with Crippen LogP contribution in [0.5, 0.6) is 0 Å². The number of nitrogens with one attached hydrogen (secondary N) is 1. The predicted octanol–water partition coefficient (Wildman–Crippen LogP) is 3.44. The number of carbonyl (C=O) groups excluding carboxylic acids is 1. The molecule has 0 heterocycles. The van der Waals surface area contributed by atoms with E-state index in [1.54, 1.807) is 11.8 Å². The number of alkyl halides is 1. The van der Waals surface area contributed by atoms with Crippen LogP contribution in [0.3, 0.4) is 0 Å². The zero-order valence-corrected chi connectivity index (χ0v) is 11.8. The first-order chi connectivity index (χ1) is 8.74. The van der Waals surface area contributed by atoms with E-state index in [9.17, 15) is 4.79 Å². The van der Waals surface area contributed by atoms with Crippen LogP contribution in [0.2, 0.25) is 0 Å². The van der Waals surface area contributed by atoms with Gasteiger partial charge >= 0.3 is 0 Å². The molecule has 1 saturated carbocycles. The van der Waals surface area contributed by atoms with Crippen molar-refractivity contribution in [3.05, 3.63) is 30.3 Å². The summed E-state index contributed by atoms with van der Waals surface area (Å²) in [7, 11) is 0. The van der Waals surface area contributed by atoms with Crippen LogP contribution in [-0.2, 0) is 4.79 Å². The lowest BCUT2D eigenvalue weighted by Crippen LogP contribution is -2.38. The zero-order chi connectivity index (χ0) is 12.8. The SMILES string of the molecule is O=C(CSc1ccccc1)NC1CCC(Cl)CC1. The van der Waals surface area contributed by atoms with E-state index in [1.807, 2.05) is 30.3 Å². The van der Waals surface area contributed by atoms with Crippen molar-refractivity contribution in [1.29, 1.82) is 0 Å². The van der Waals surface area contributed by atoms with Crippen LogP contribution in [0.1, 0.15) is 25.7 Å². The molecule has 0 radical (unpaired) electrons. The molecular weight excluding hydrogens is 266 g/mol. The third kappa shape index (κ3) is 4.54. The van der Waals surface area contributed by atoms with E-state index >= 15 is 0 Å². The third-order valence-corrected chi connectivity index (χ3v) is 4.58. The molecule has 0 unspecified atom stereocenters. The van der Waals surface area contributed by atoms with E-state index in [2.05, 4.69) is 5.32 Å². The Morgan fingerprint density at radius 2 is 1.89 bits per heavy atom. The van der Waals surface area contributed by atoms with Crippen molar-refractivity contribution in [2.75, 3.05) is 5.75 Å². The topological polar surface area (TPSA) is 29.1 Å². The summed E-state index contributed by atoms with van der Waals surface area (Å²) in [5.41, 5.74) is 0. The number of carbonyl (C=O) groups is 1. The van der Waals surface area contributed by atoms with E-state index in [1.165, 1.54) is 0 Å². The Kier molecular flexibility index (Phi) is 5.39. The Labute approximate surface area is 117 Å². The molecule has 1 aliphatic carbocycles. The molecule has 0 atom stereocenters. The van der Waals surface area contributed by atoms with Crippen molar-refractivity contribution in [2.45, 2.75) is 42.0 Å². The van der Waals surface area contributed by atoms with Crippen LogP contribution in [0, 0.1) is 0 Å². The summed E-state index contributed by atoms with van der Waals surface area (Å²) in [5, 5.41) is 3.39. The first kappa shape index (κ1) is 13.8. The van der Waals surface area contributed by atoms with E-state index in [-0.39, 0.29) is 5.91 Å². The zero-order valence-electron chi connectivity index (χ0n) is 10.3. The van der Waals surface area contributed by atoms with E-state index in [4.69, 9.17) is 11.6 Å². The van der Waals surface area contributed by atoms with E-state index in [0.29, 0.717) is 17.2 Å². The quantitative estimate of drug-likeness (QED) is 0.677. The van der Waals surface area contributed by atoms with Gasteiger partial charge in [-0.2, -0.15) is 0 Å². The molecule has 1 aromatic rings. The van der Waals surface area contributed by atoms with Crippen LogP contribution < -0.4 is 5.32 Å². The molecule has 0 aliphatic heterocycles. The maximum absolute atomic E-state index is 11.8. The maximum atomic E-state index is 11.8. The van der Waals surface area contributed by atoms with Gasteiger partial charge in [0.25, 0.3) is 0 Å². The number of amides is 1. The Hall–Kier alpha value is -0.670. The first-order valence-corrected chi connectivity index (χ1v) is 7.77. The maximum Gasteiger partial charge on any atom is 0.230 e. The molecule has 0 spiro atoms. The molecule has 0 aromatic heterocycles. The molecule has 98 valence electrons. The third-order valence-electron chi connectivity index (χ3n) is 3.13. The molecule has 0 bridgehead atoms. The molecule has 4 heteroatoms. The van der Waals surface area contributed by atoms with Gasteiger partial charge in [0.15, 0.2) is 0 Å². The highest BCUT2D eigenvalue weighted by Gasteiger charge is 2.20. The second kappa shape index (κ2) is 7.05. The highest BCUT2D eigenvalue weighted by Crippen LogP contribution is 2.23. The fraction of sp³-hybridized carbons (Fsp3) is 0.500. The van der Waals surface area contributed by atoms with Crippen LogP contribution in [0.15, 0.2) is 35.2 Å². The molecule has 1 N–H and O–H groups in total. The molecule has 1 aromatic carbocycles. The Bertz CT molecular complexity index is 377. The number of hydrogen-bond acceptors (Lipinski definition) is 2. The lowest BCUT2D eigenvalue weighted by atomic mass is 9.95.